The largest absolute Gasteiger partial charge is 0.366 e. The second-order valence-electron chi connectivity index (χ2n) is 4.12. The van der Waals surface area contributed by atoms with Gasteiger partial charge in [0.25, 0.3) is 0 Å². The molecule has 0 radical (unpaired) electrons. The molecule has 0 aliphatic carbocycles. The Morgan fingerprint density at radius 2 is 2.00 bits per heavy atom. The number of nitrogens with zero attached hydrogens (tertiary/aromatic N) is 1. The monoisotopic (exact) mass is 270 g/mol. The minimum Gasteiger partial charge on any atom is -0.366 e. The summed E-state index contributed by atoms with van der Waals surface area (Å²) < 4.78 is 0. The highest BCUT2D eigenvalue weighted by molar-refractivity contribution is 5.94. The number of benzene rings is 1. The smallest absolute Gasteiger partial charge is 0.248 e. The number of aromatic amines is 1. The van der Waals surface area contributed by atoms with E-state index in [-0.39, 0.29) is 5.91 Å². The molecular formula is C14H14N4O2. The quantitative estimate of drug-likeness (QED) is 0.702. The fraction of sp³-hybridized carbons (Fsp3) is 0.0714. The van der Waals surface area contributed by atoms with Gasteiger partial charge in [0.2, 0.25) is 11.8 Å². The zero-order valence-electron chi connectivity index (χ0n) is 10.7. The minimum absolute atomic E-state index is 0.210. The van der Waals surface area contributed by atoms with E-state index in [1.807, 2.05) is 0 Å². The maximum atomic E-state index is 11.6. The Kier molecular flexibility index (Phi) is 4.28. The summed E-state index contributed by atoms with van der Waals surface area (Å²) in [6.07, 6.45) is 4.71. The van der Waals surface area contributed by atoms with Crippen molar-refractivity contribution in [2.75, 3.05) is 0 Å². The molecule has 0 aliphatic heterocycles. The summed E-state index contributed by atoms with van der Waals surface area (Å²) in [4.78, 5) is 22.5. The molecule has 6 heteroatoms. The van der Waals surface area contributed by atoms with Gasteiger partial charge in [-0.3, -0.25) is 14.7 Å². The van der Waals surface area contributed by atoms with Crippen molar-refractivity contribution in [1.29, 1.82) is 0 Å². The number of nitrogens with one attached hydrogen (secondary N) is 2. The lowest BCUT2D eigenvalue weighted by Gasteiger charge is -1.99. The van der Waals surface area contributed by atoms with Crippen molar-refractivity contribution in [3.8, 4) is 0 Å². The normalized spacial score (nSPS) is 10.6. The SMILES string of the molecule is NC(=O)c1ccc(/C=C/C(=O)NCc2ccn[nH]2)cc1. The first-order valence-corrected chi connectivity index (χ1v) is 5.99. The molecule has 0 bridgehead atoms. The Balaban J connectivity index is 1.88. The van der Waals surface area contributed by atoms with E-state index in [1.165, 1.54) is 6.08 Å². The summed E-state index contributed by atoms with van der Waals surface area (Å²) in [5.41, 5.74) is 7.22. The predicted octanol–water partition coefficient (Wildman–Crippen LogP) is 0.838. The molecule has 2 rings (SSSR count). The average molecular weight is 270 g/mol. The number of carbonyl (C=O) groups excluding carboxylic acids is 2. The van der Waals surface area contributed by atoms with Crippen molar-refractivity contribution in [1.82, 2.24) is 15.5 Å². The fourth-order valence-electron chi connectivity index (χ4n) is 1.55. The van der Waals surface area contributed by atoms with Gasteiger partial charge in [0.1, 0.15) is 0 Å². The number of rotatable bonds is 5. The van der Waals surface area contributed by atoms with E-state index in [0.717, 1.165) is 11.3 Å². The number of hydrogen-bond donors (Lipinski definition) is 3. The third-order valence-electron chi connectivity index (χ3n) is 2.63. The Labute approximate surface area is 115 Å². The lowest BCUT2D eigenvalue weighted by Crippen LogP contribution is -2.20. The van der Waals surface area contributed by atoms with Gasteiger partial charge >= 0.3 is 0 Å². The van der Waals surface area contributed by atoms with Crippen LogP contribution in [0.15, 0.2) is 42.6 Å². The average Bonchev–Trinajstić information content (AvgIpc) is 2.96. The standard InChI is InChI=1S/C14H14N4O2/c15-14(20)11-4-1-10(2-5-11)3-6-13(19)16-9-12-7-8-17-18-12/h1-8H,9H2,(H2,15,20)(H,16,19)(H,17,18)/b6-3+. The van der Waals surface area contributed by atoms with Crippen LogP contribution in [0, 0.1) is 0 Å². The third-order valence-corrected chi connectivity index (χ3v) is 2.63. The van der Waals surface area contributed by atoms with Crippen molar-refractivity contribution < 1.29 is 9.59 Å². The zero-order valence-corrected chi connectivity index (χ0v) is 10.7. The molecule has 20 heavy (non-hydrogen) atoms. The zero-order chi connectivity index (χ0) is 14.4. The second kappa shape index (κ2) is 6.33. The van der Waals surface area contributed by atoms with E-state index in [4.69, 9.17) is 5.73 Å². The van der Waals surface area contributed by atoms with Crippen LogP contribution < -0.4 is 11.1 Å². The number of amides is 2. The Morgan fingerprint density at radius 3 is 2.60 bits per heavy atom. The van der Waals surface area contributed by atoms with Crippen LogP contribution in [-0.4, -0.2) is 22.0 Å². The highest BCUT2D eigenvalue weighted by Gasteiger charge is 1.99. The molecule has 1 aromatic heterocycles. The van der Waals surface area contributed by atoms with Crippen molar-refractivity contribution >= 4 is 17.9 Å². The number of primary amides is 1. The van der Waals surface area contributed by atoms with E-state index >= 15 is 0 Å². The topological polar surface area (TPSA) is 101 Å². The fourth-order valence-corrected chi connectivity index (χ4v) is 1.55. The Bertz CT molecular complexity index is 615. The minimum atomic E-state index is -0.474. The van der Waals surface area contributed by atoms with Gasteiger partial charge in [-0.05, 0) is 29.8 Å². The summed E-state index contributed by atoms with van der Waals surface area (Å²) in [6.45, 7) is 0.393. The van der Waals surface area contributed by atoms with Gasteiger partial charge in [-0.15, -0.1) is 0 Å². The van der Waals surface area contributed by atoms with E-state index in [0.29, 0.717) is 12.1 Å². The van der Waals surface area contributed by atoms with E-state index in [9.17, 15) is 9.59 Å². The molecule has 0 atom stereocenters. The third kappa shape index (κ3) is 3.81. The van der Waals surface area contributed by atoms with Crippen LogP contribution in [0.25, 0.3) is 6.08 Å². The Hall–Kier alpha value is -2.89. The molecule has 0 saturated carbocycles. The molecule has 0 saturated heterocycles. The van der Waals surface area contributed by atoms with Crippen LogP contribution in [0.2, 0.25) is 0 Å². The summed E-state index contributed by atoms with van der Waals surface area (Å²) in [7, 11) is 0. The van der Waals surface area contributed by atoms with Gasteiger partial charge in [0, 0.05) is 17.8 Å². The molecule has 102 valence electrons. The molecular weight excluding hydrogens is 256 g/mol. The molecule has 0 unspecified atom stereocenters. The van der Waals surface area contributed by atoms with Gasteiger partial charge in [-0.2, -0.15) is 5.10 Å². The lowest BCUT2D eigenvalue weighted by atomic mass is 10.1. The molecule has 2 amide bonds. The van der Waals surface area contributed by atoms with Gasteiger partial charge in [-0.1, -0.05) is 12.1 Å². The van der Waals surface area contributed by atoms with E-state index < -0.39 is 5.91 Å². The van der Waals surface area contributed by atoms with E-state index in [2.05, 4.69) is 15.5 Å². The van der Waals surface area contributed by atoms with Gasteiger partial charge in [0.05, 0.1) is 12.2 Å². The molecule has 0 aliphatic rings. The van der Waals surface area contributed by atoms with Gasteiger partial charge < -0.3 is 11.1 Å². The van der Waals surface area contributed by atoms with Crippen molar-refractivity contribution in [2.24, 2.45) is 5.73 Å². The second-order valence-corrected chi connectivity index (χ2v) is 4.12. The van der Waals surface area contributed by atoms with E-state index in [1.54, 1.807) is 42.6 Å². The van der Waals surface area contributed by atoms with Crippen LogP contribution in [-0.2, 0) is 11.3 Å². The first kappa shape index (κ1) is 13.5. The first-order valence-electron chi connectivity index (χ1n) is 5.99. The number of hydrogen-bond acceptors (Lipinski definition) is 3. The molecule has 1 heterocycles. The molecule has 0 fully saturated rings. The summed E-state index contributed by atoms with van der Waals surface area (Å²) in [5, 5.41) is 9.25. The van der Waals surface area contributed by atoms with Crippen LogP contribution in [0.1, 0.15) is 21.6 Å². The summed E-state index contributed by atoms with van der Waals surface area (Å²) in [6, 6.07) is 8.46. The van der Waals surface area contributed by atoms with Crippen LogP contribution in [0.4, 0.5) is 0 Å². The lowest BCUT2D eigenvalue weighted by molar-refractivity contribution is -0.116. The number of H-pyrrole nitrogens is 1. The maximum absolute atomic E-state index is 11.6. The summed E-state index contributed by atoms with van der Waals surface area (Å²) >= 11 is 0. The highest BCUT2D eigenvalue weighted by Crippen LogP contribution is 2.05. The number of aromatic nitrogens is 2. The maximum Gasteiger partial charge on any atom is 0.248 e. The Morgan fingerprint density at radius 1 is 1.25 bits per heavy atom. The van der Waals surface area contributed by atoms with Crippen LogP contribution in [0.3, 0.4) is 0 Å². The van der Waals surface area contributed by atoms with Gasteiger partial charge in [0.15, 0.2) is 0 Å². The predicted molar refractivity (Wildman–Crippen MR) is 74.4 cm³/mol. The molecule has 2 aromatic rings. The number of nitrogens with two attached hydrogens (primary N) is 1. The van der Waals surface area contributed by atoms with Crippen molar-refractivity contribution in [3.63, 3.8) is 0 Å². The molecule has 0 spiro atoms. The summed E-state index contributed by atoms with van der Waals surface area (Å²) in [5.74, 6) is -0.684. The number of carbonyl (C=O) groups is 2. The van der Waals surface area contributed by atoms with Gasteiger partial charge in [-0.25, -0.2) is 0 Å². The van der Waals surface area contributed by atoms with Crippen molar-refractivity contribution in [3.05, 3.63) is 59.4 Å². The van der Waals surface area contributed by atoms with Crippen molar-refractivity contribution in [2.45, 2.75) is 6.54 Å². The molecule has 6 nitrogen and oxygen atoms in total. The van der Waals surface area contributed by atoms with Crippen LogP contribution >= 0.6 is 0 Å². The van der Waals surface area contributed by atoms with Crippen LogP contribution in [0.5, 0.6) is 0 Å². The molecule has 4 N–H and O–H groups in total. The highest BCUT2D eigenvalue weighted by atomic mass is 16.1. The molecule has 1 aromatic carbocycles. The first-order chi connectivity index (χ1) is 9.65.